The molecule has 0 bridgehead atoms. The van der Waals surface area contributed by atoms with Gasteiger partial charge in [0, 0.05) is 30.3 Å². The minimum absolute atomic E-state index is 0.0170. The predicted molar refractivity (Wildman–Crippen MR) is 102 cm³/mol. The Balaban J connectivity index is 1.89. The molecule has 8 nitrogen and oxygen atoms in total. The zero-order valence-corrected chi connectivity index (χ0v) is 15.7. The summed E-state index contributed by atoms with van der Waals surface area (Å²) in [5, 5.41) is 1.44. The fourth-order valence-electron chi connectivity index (χ4n) is 2.41. The summed E-state index contributed by atoms with van der Waals surface area (Å²) < 4.78 is 6.30. The van der Waals surface area contributed by atoms with Gasteiger partial charge in [-0.2, -0.15) is 0 Å². The van der Waals surface area contributed by atoms with Crippen molar-refractivity contribution in [2.45, 2.75) is 12.8 Å². The number of carbonyl (C=O) groups is 2. The molecule has 0 atom stereocenters. The molecular formula is C17H15Cl2N5O3. The van der Waals surface area contributed by atoms with Gasteiger partial charge in [0.1, 0.15) is 5.82 Å². The van der Waals surface area contributed by atoms with Crippen molar-refractivity contribution in [3.05, 3.63) is 47.0 Å². The van der Waals surface area contributed by atoms with Crippen LogP contribution in [0.25, 0.3) is 16.6 Å². The maximum Gasteiger partial charge on any atom is 0.306 e. The number of amides is 1. The molecule has 2 heterocycles. The Hall–Kier alpha value is -2.84. The van der Waals surface area contributed by atoms with Gasteiger partial charge in [0.25, 0.3) is 0 Å². The van der Waals surface area contributed by atoms with E-state index in [0.29, 0.717) is 21.4 Å². The molecule has 0 saturated carbocycles. The number of imidazole rings is 1. The monoisotopic (exact) mass is 407 g/mol. The molecule has 2 N–H and O–H groups in total. The molecule has 140 valence electrons. The van der Waals surface area contributed by atoms with Gasteiger partial charge in [0.15, 0.2) is 0 Å². The molecule has 2 aromatic heterocycles. The summed E-state index contributed by atoms with van der Waals surface area (Å²) in [6.07, 6.45) is 5.02. The van der Waals surface area contributed by atoms with Gasteiger partial charge in [-0.05, 0) is 12.1 Å². The lowest BCUT2D eigenvalue weighted by atomic mass is 10.1. The molecular weight excluding hydrogens is 393 g/mol. The maximum absolute atomic E-state index is 11.9. The highest BCUT2D eigenvalue weighted by Gasteiger charge is 2.13. The molecule has 0 radical (unpaired) electrons. The first-order chi connectivity index (χ1) is 13.0. The van der Waals surface area contributed by atoms with E-state index in [1.165, 1.54) is 7.11 Å². The number of halogens is 2. The number of ether oxygens (including phenoxy) is 1. The van der Waals surface area contributed by atoms with Crippen LogP contribution >= 0.6 is 23.2 Å². The van der Waals surface area contributed by atoms with Crippen LogP contribution in [0.4, 0.5) is 5.82 Å². The van der Waals surface area contributed by atoms with Gasteiger partial charge in [-0.25, -0.2) is 9.97 Å². The second-order valence-electron chi connectivity index (χ2n) is 5.50. The summed E-state index contributed by atoms with van der Waals surface area (Å²) in [7, 11) is 1.27. The summed E-state index contributed by atoms with van der Waals surface area (Å²) >= 11 is 12.4. The SMILES string of the molecule is COC(=O)CCC(=O)NNc1cc(-n2ccnc2)c2ccc(Cl)c(Cl)c2n1. The number of rotatable bonds is 6. The highest BCUT2D eigenvalue weighted by atomic mass is 35.5. The Morgan fingerprint density at radius 2 is 2.07 bits per heavy atom. The molecule has 0 unspecified atom stereocenters. The molecule has 27 heavy (non-hydrogen) atoms. The molecule has 1 aromatic carbocycles. The van der Waals surface area contributed by atoms with E-state index in [4.69, 9.17) is 23.2 Å². The van der Waals surface area contributed by atoms with Gasteiger partial charge in [-0.15, -0.1) is 0 Å². The average molecular weight is 408 g/mol. The zero-order valence-electron chi connectivity index (χ0n) is 14.2. The number of anilines is 1. The van der Waals surface area contributed by atoms with E-state index in [1.54, 1.807) is 35.4 Å². The van der Waals surface area contributed by atoms with Crippen LogP contribution in [0.2, 0.25) is 10.0 Å². The first kappa shape index (κ1) is 18.9. The number of nitrogens with one attached hydrogen (secondary N) is 2. The third-order valence-corrected chi connectivity index (χ3v) is 4.54. The third-order valence-electron chi connectivity index (χ3n) is 3.75. The smallest absolute Gasteiger partial charge is 0.306 e. The molecule has 3 aromatic rings. The quantitative estimate of drug-likeness (QED) is 0.481. The van der Waals surface area contributed by atoms with Crippen LogP contribution in [-0.2, 0) is 14.3 Å². The number of methoxy groups -OCH3 is 1. The lowest BCUT2D eigenvalue weighted by Gasteiger charge is -2.13. The van der Waals surface area contributed by atoms with Crippen molar-refractivity contribution in [1.29, 1.82) is 0 Å². The van der Waals surface area contributed by atoms with Crippen molar-refractivity contribution in [3.8, 4) is 5.69 Å². The first-order valence-electron chi connectivity index (χ1n) is 7.88. The normalized spacial score (nSPS) is 10.6. The molecule has 1 amide bonds. The van der Waals surface area contributed by atoms with Crippen LogP contribution in [0.5, 0.6) is 0 Å². The van der Waals surface area contributed by atoms with Crippen molar-refractivity contribution >= 4 is 51.8 Å². The summed E-state index contributed by atoms with van der Waals surface area (Å²) in [5.41, 5.74) is 6.44. The number of benzene rings is 1. The molecule has 0 aliphatic heterocycles. The maximum atomic E-state index is 11.9. The molecule has 0 spiro atoms. The molecule has 0 aliphatic carbocycles. The number of pyridine rings is 1. The lowest BCUT2D eigenvalue weighted by molar-refractivity contribution is -0.142. The van der Waals surface area contributed by atoms with E-state index in [1.807, 2.05) is 6.07 Å². The van der Waals surface area contributed by atoms with Gasteiger partial charge in [0.2, 0.25) is 5.91 Å². The van der Waals surface area contributed by atoms with Gasteiger partial charge in [-0.1, -0.05) is 23.2 Å². The summed E-state index contributed by atoms with van der Waals surface area (Å²) in [5.74, 6) is -0.497. The van der Waals surface area contributed by atoms with Crippen molar-refractivity contribution in [2.75, 3.05) is 12.5 Å². The number of aromatic nitrogens is 3. The van der Waals surface area contributed by atoms with Crippen LogP contribution in [-0.4, -0.2) is 33.5 Å². The van der Waals surface area contributed by atoms with E-state index >= 15 is 0 Å². The number of hydrogen-bond donors (Lipinski definition) is 2. The molecule has 0 saturated heterocycles. The Morgan fingerprint density at radius 3 is 2.78 bits per heavy atom. The highest BCUT2D eigenvalue weighted by molar-refractivity contribution is 6.45. The van der Waals surface area contributed by atoms with E-state index < -0.39 is 5.97 Å². The molecule has 0 fully saturated rings. The Kier molecular flexibility index (Phi) is 5.78. The summed E-state index contributed by atoms with van der Waals surface area (Å²) in [6.45, 7) is 0. The van der Waals surface area contributed by atoms with Crippen molar-refractivity contribution in [3.63, 3.8) is 0 Å². The topological polar surface area (TPSA) is 98.1 Å². The lowest BCUT2D eigenvalue weighted by Crippen LogP contribution is -2.30. The van der Waals surface area contributed by atoms with E-state index in [0.717, 1.165) is 11.1 Å². The number of fused-ring (bicyclic) bond motifs is 1. The minimum atomic E-state index is -0.460. The standard InChI is InChI=1S/C17H15Cl2N5O3/c1-27-15(26)5-4-14(25)23-22-13-8-12(24-7-6-20-9-24)10-2-3-11(18)16(19)17(10)21-13/h2-3,6-9H,4-5H2,1H3,(H,21,22)(H,23,25). The fourth-order valence-corrected chi connectivity index (χ4v) is 2.77. The van der Waals surface area contributed by atoms with Gasteiger partial charge >= 0.3 is 5.97 Å². The number of hydrazine groups is 1. The minimum Gasteiger partial charge on any atom is -0.469 e. The van der Waals surface area contributed by atoms with Gasteiger partial charge in [-0.3, -0.25) is 20.4 Å². The summed E-state index contributed by atoms with van der Waals surface area (Å²) in [4.78, 5) is 31.4. The number of hydrogen-bond acceptors (Lipinski definition) is 6. The van der Waals surface area contributed by atoms with Crippen LogP contribution in [0, 0.1) is 0 Å². The number of esters is 1. The second kappa shape index (κ2) is 8.24. The first-order valence-corrected chi connectivity index (χ1v) is 8.64. The van der Waals surface area contributed by atoms with E-state index in [-0.39, 0.29) is 18.7 Å². The highest BCUT2D eigenvalue weighted by Crippen LogP contribution is 2.33. The van der Waals surface area contributed by atoms with Crippen LogP contribution < -0.4 is 10.9 Å². The summed E-state index contributed by atoms with van der Waals surface area (Å²) in [6, 6.07) is 5.23. The Bertz CT molecular complexity index is 992. The molecule has 3 rings (SSSR count). The third kappa shape index (κ3) is 4.29. The van der Waals surface area contributed by atoms with Crippen molar-refractivity contribution < 1.29 is 14.3 Å². The second-order valence-corrected chi connectivity index (χ2v) is 6.29. The largest absolute Gasteiger partial charge is 0.469 e. The molecule has 10 heteroatoms. The molecule has 0 aliphatic rings. The van der Waals surface area contributed by atoms with E-state index in [2.05, 4.69) is 25.6 Å². The Labute approximate surface area is 164 Å². The average Bonchev–Trinajstić information content (AvgIpc) is 3.21. The predicted octanol–water partition coefficient (Wildman–Crippen LogP) is 3.12. The van der Waals surface area contributed by atoms with E-state index in [9.17, 15) is 9.59 Å². The van der Waals surface area contributed by atoms with Crippen molar-refractivity contribution in [2.24, 2.45) is 0 Å². The number of nitrogens with zero attached hydrogens (tertiary/aromatic N) is 3. The van der Waals surface area contributed by atoms with Crippen LogP contribution in [0.15, 0.2) is 36.9 Å². The fraction of sp³-hybridized carbons (Fsp3) is 0.176. The zero-order chi connectivity index (χ0) is 19.4. The van der Waals surface area contributed by atoms with Crippen LogP contribution in [0.1, 0.15) is 12.8 Å². The number of carbonyl (C=O) groups excluding carboxylic acids is 2. The van der Waals surface area contributed by atoms with Crippen LogP contribution in [0.3, 0.4) is 0 Å². The van der Waals surface area contributed by atoms with Crippen molar-refractivity contribution in [1.82, 2.24) is 20.0 Å². The van der Waals surface area contributed by atoms with Gasteiger partial charge in [0.05, 0.1) is 41.1 Å². The Morgan fingerprint density at radius 1 is 1.26 bits per heavy atom. The van der Waals surface area contributed by atoms with Gasteiger partial charge < -0.3 is 9.30 Å².